The van der Waals surface area contributed by atoms with Crippen LogP contribution in [0.3, 0.4) is 0 Å². The van der Waals surface area contributed by atoms with Crippen molar-refractivity contribution >= 4 is 27.7 Å². The molecule has 0 radical (unpaired) electrons. The van der Waals surface area contributed by atoms with E-state index in [2.05, 4.69) is 5.32 Å². The number of fused-ring (bicyclic) bond motifs is 2. The van der Waals surface area contributed by atoms with Crippen molar-refractivity contribution in [2.45, 2.75) is 49.1 Å². The Hall–Kier alpha value is -3.51. The zero-order valence-electron chi connectivity index (χ0n) is 19.7. The molecule has 0 saturated carbocycles. The molecule has 0 spiro atoms. The van der Waals surface area contributed by atoms with E-state index in [4.69, 9.17) is 9.47 Å². The molecule has 10 nitrogen and oxygen atoms in total. The Morgan fingerprint density at radius 1 is 0.973 bits per heavy atom. The normalized spacial score (nSPS) is 22.4. The quantitative estimate of drug-likeness (QED) is 0.600. The lowest BCUT2D eigenvalue weighted by Crippen LogP contribution is -2.52. The van der Waals surface area contributed by atoms with Crippen molar-refractivity contribution in [3.05, 3.63) is 52.8 Å². The molecule has 37 heavy (non-hydrogen) atoms. The van der Waals surface area contributed by atoms with Gasteiger partial charge in [0.2, 0.25) is 28.6 Å². The smallest absolute Gasteiger partial charge is 0.255 e. The van der Waals surface area contributed by atoms with Crippen LogP contribution in [0.2, 0.25) is 0 Å². The van der Waals surface area contributed by atoms with Crippen molar-refractivity contribution in [1.29, 1.82) is 0 Å². The number of halogens is 1. The third kappa shape index (κ3) is 4.04. The summed E-state index contributed by atoms with van der Waals surface area (Å²) in [6, 6.07) is 6.33. The van der Waals surface area contributed by atoms with E-state index in [0.717, 1.165) is 0 Å². The Morgan fingerprint density at radius 2 is 1.73 bits per heavy atom. The van der Waals surface area contributed by atoms with Gasteiger partial charge in [-0.05, 0) is 60.6 Å². The molecule has 194 valence electrons. The molecule has 4 heterocycles. The van der Waals surface area contributed by atoms with Gasteiger partial charge in [0, 0.05) is 37.7 Å². The average Bonchev–Trinajstić information content (AvgIpc) is 3.48. The van der Waals surface area contributed by atoms with Crippen LogP contribution in [-0.2, 0) is 26.2 Å². The Morgan fingerprint density at radius 3 is 2.49 bits per heavy atom. The number of hydrogen-bond acceptors (Lipinski definition) is 7. The number of nitrogens with zero attached hydrogens (tertiary/aromatic N) is 2. The van der Waals surface area contributed by atoms with Gasteiger partial charge in [0.15, 0.2) is 11.5 Å². The Bertz CT molecular complexity index is 1440. The van der Waals surface area contributed by atoms with E-state index in [-0.39, 0.29) is 61.6 Å². The summed E-state index contributed by atoms with van der Waals surface area (Å²) in [6.07, 6.45) is 1.25. The molecule has 2 aromatic carbocycles. The number of amides is 3. The Kier molecular flexibility index (Phi) is 5.68. The van der Waals surface area contributed by atoms with E-state index in [0.29, 0.717) is 35.5 Å². The van der Waals surface area contributed by atoms with Crippen LogP contribution in [0, 0.1) is 5.82 Å². The SMILES string of the molecule is O=C1CCC(N2Cc3c(cc(F)cc3C3CCN(S(=O)(=O)c4ccc5c(c4)OCO5)CC3)C2=O)C(=O)N1. The van der Waals surface area contributed by atoms with Crippen molar-refractivity contribution in [3.8, 4) is 11.5 Å². The predicted molar refractivity (Wildman–Crippen MR) is 126 cm³/mol. The lowest BCUT2D eigenvalue weighted by atomic mass is 9.86. The summed E-state index contributed by atoms with van der Waals surface area (Å²) in [5.41, 5.74) is 1.54. The van der Waals surface area contributed by atoms with Crippen LogP contribution in [0.15, 0.2) is 35.2 Å². The zero-order valence-corrected chi connectivity index (χ0v) is 20.6. The van der Waals surface area contributed by atoms with Crippen LogP contribution in [0.1, 0.15) is 53.1 Å². The van der Waals surface area contributed by atoms with Gasteiger partial charge in [0.25, 0.3) is 5.91 Å². The minimum absolute atomic E-state index is 0.0473. The number of carbonyl (C=O) groups excluding carboxylic acids is 3. The number of benzene rings is 2. The summed E-state index contributed by atoms with van der Waals surface area (Å²) in [4.78, 5) is 38.5. The maximum atomic E-state index is 14.6. The molecule has 12 heteroatoms. The van der Waals surface area contributed by atoms with Crippen molar-refractivity contribution in [2.24, 2.45) is 0 Å². The molecule has 0 aromatic heterocycles. The molecule has 2 fully saturated rings. The highest BCUT2D eigenvalue weighted by Crippen LogP contribution is 2.39. The summed E-state index contributed by atoms with van der Waals surface area (Å²) in [5.74, 6) is -1.16. The molecule has 2 aromatic rings. The number of ether oxygens (including phenoxy) is 2. The lowest BCUT2D eigenvalue weighted by Gasteiger charge is -2.32. The van der Waals surface area contributed by atoms with E-state index in [1.807, 2.05) is 0 Å². The largest absolute Gasteiger partial charge is 0.454 e. The van der Waals surface area contributed by atoms with E-state index >= 15 is 0 Å². The number of nitrogens with one attached hydrogen (secondary N) is 1. The first-order valence-corrected chi connectivity index (χ1v) is 13.5. The zero-order chi connectivity index (χ0) is 25.9. The highest BCUT2D eigenvalue weighted by atomic mass is 32.2. The molecule has 1 unspecified atom stereocenters. The second-order valence-electron chi connectivity index (χ2n) is 9.61. The van der Waals surface area contributed by atoms with Gasteiger partial charge in [0.05, 0.1) is 4.90 Å². The topological polar surface area (TPSA) is 122 Å². The third-order valence-electron chi connectivity index (χ3n) is 7.53. The van der Waals surface area contributed by atoms with Gasteiger partial charge < -0.3 is 14.4 Å². The van der Waals surface area contributed by atoms with Gasteiger partial charge in [0.1, 0.15) is 11.9 Å². The van der Waals surface area contributed by atoms with Gasteiger partial charge >= 0.3 is 0 Å². The molecule has 4 aliphatic heterocycles. The summed E-state index contributed by atoms with van der Waals surface area (Å²) in [5, 5.41) is 2.27. The first-order valence-electron chi connectivity index (χ1n) is 12.1. The van der Waals surface area contributed by atoms with Crippen LogP contribution in [-0.4, -0.2) is 61.3 Å². The van der Waals surface area contributed by atoms with Gasteiger partial charge in [-0.3, -0.25) is 19.7 Å². The van der Waals surface area contributed by atoms with Crippen molar-refractivity contribution in [1.82, 2.24) is 14.5 Å². The van der Waals surface area contributed by atoms with E-state index in [1.54, 1.807) is 6.07 Å². The van der Waals surface area contributed by atoms with E-state index < -0.39 is 33.7 Å². The fourth-order valence-corrected chi connectivity index (χ4v) is 7.10. The minimum atomic E-state index is -3.76. The average molecular weight is 530 g/mol. The number of imide groups is 1. The van der Waals surface area contributed by atoms with Crippen molar-refractivity contribution in [3.63, 3.8) is 0 Å². The third-order valence-corrected chi connectivity index (χ3v) is 9.43. The van der Waals surface area contributed by atoms with Gasteiger partial charge in [-0.1, -0.05) is 0 Å². The second kappa shape index (κ2) is 8.80. The standard InChI is InChI=1S/C25H24FN3O7S/c26-15-9-17(19-12-29(25(32)18(19)10-15)20-2-4-23(30)27-24(20)31)14-5-7-28(8-6-14)37(33,34)16-1-3-21-22(11-16)36-13-35-21/h1,3,9-11,14,20H,2,4-8,12-13H2,(H,27,30,31). The highest BCUT2D eigenvalue weighted by Gasteiger charge is 2.41. The van der Waals surface area contributed by atoms with E-state index in [9.17, 15) is 27.2 Å². The lowest BCUT2D eigenvalue weighted by molar-refractivity contribution is -0.136. The maximum Gasteiger partial charge on any atom is 0.255 e. The summed E-state index contributed by atoms with van der Waals surface area (Å²) in [7, 11) is -3.76. The molecule has 0 aliphatic carbocycles. The van der Waals surface area contributed by atoms with Gasteiger partial charge in [-0.25, -0.2) is 12.8 Å². The van der Waals surface area contributed by atoms with Crippen LogP contribution < -0.4 is 14.8 Å². The number of sulfonamides is 1. The monoisotopic (exact) mass is 529 g/mol. The van der Waals surface area contributed by atoms with Gasteiger partial charge in [-0.15, -0.1) is 0 Å². The molecule has 3 amide bonds. The van der Waals surface area contributed by atoms with Crippen LogP contribution in [0.4, 0.5) is 4.39 Å². The minimum Gasteiger partial charge on any atom is -0.454 e. The molecule has 2 saturated heterocycles. The van der Waals surface area contributed by atoms with Crippen molar-refractivity contribution in [2.75, 3.05) is 19.9 Å². The predicted octanol–water partition coefficient (Wildman–Crippen LogP) is 1.88. The molecular weight excluding hydrogens is 505 g/mol. The summed E-state index contributed by atoms with van der Waals surface area (Å²) >= 11 is 0. The Labute approximate surface area is 212 Å². The molecule has 6 rings (SSSR count). The molecule has 4 aliphatic rings. The molecular formula is C25H24FN3O7S. The second-order valence-corrected chi connectivity index (χ2v) is 11.6. The first-order chi connectivity index (χ1) is 17.7. The van der Waals surface area contributed by atoms with Crippen LogP contribution in [0.25, 0.3) is 0 Å². The van der Waals surface area contributed by atoms with Crippen LogP contribution >= 0.6 is 0 Å². The number of hydrogen-bond donors (Lipinski definition) is 1. The molecule has 0 bridgehead atoms. The maximum absolute atomic E-state index is 14.6. The fourth-order valence-electron chi connectivity index (χ4n) is 5.61. The Balaban J connectivity index is 1.21. The number of carbonyl (C=O) groups is 3. The molecule has 1 N–H and O–H groups in total. The highest BCUT2D eigenvalue weighted by molar-refractivity contribution is 7.89. The number of rotatable bonds is 4. The van der Waals surface area contributed by atoms with Gasteiger partial charge in [-0.2, -0.15) is 4.31 Å². The summed E-state index contributed by atoms with van der Waals surface area (Å²) < 4.78 is 53.1. The fraction of sp³-hybridized carbons (Fsp3) is 0.400. The van der Waals surface area contributed by atoms with Crippen molar-refractivity contribution < 1.29 is 36.7 Å². The van der Waals surface area contributed by atoms with E-state index in [1.165, 1.54) is 33.5 Å². The van der Waals surface area contributed by atoms with Crippen LogP contribution in [0.5, 0.6) is 11.5 Å². The summed E-state index contributed by atoms with van der Waals surface area (Å²) in [6.45, 7) is 0.659. The number of piperidine rings is 2. The first kappa shape index (κ1) is 23.9. The molecule has 1 atom stereocenters.